The largest absolute Gasteiger partial charge is 0.481 e. The van der Waals surface area contributed by atoms with Crippen molar-refractivity contribution in [3.05, 3.63) is 71.8 Å². The lowest BCUT2D eigenvalue weighted by Crippen LogP contribution is -2.60. The summed E-state index contributed by atoms with van der Waals surface area (Å²) in [7, 11) is 0. The number of thiol groups is 1. The normalized spacial score (nSPS) is 15.7. The van der Waals surface area contributed by atoms with Crippen LogP contribution >= 0.6 is 12.6 Å². The van der Waals surface area contributed by atoms with Crippen molar-refractivity contribution in [2.45, 2.75) is 113 Å². The van der Waals surface area contributed by atoms with Crippen LogP contribution in [0.3, 0.4) is 0 Å². The first-order chi connectivity index (χ1) is 29.0. The predicted octanol–water partition coefficient (Wildman–Crippen LogP) is 0.759. The average molecular weight is 871 g/mol. The van der Waals surface area contributed by atoms with Crippen molar-refractivity contribution in [2.24, 2.45) is 11.7 Å². The van der Waals surface area contributed by atoms with E-state index in [9.17, 15) is 58.5 Å². The van der Waals surface area contributed by atoms with Crippen molar-refractivity contribution in [3.63, 3.8) is 0 Å². The van der Waals surface area contributed by atoms with Gasteiger partial charge in [-0.2, -0.15) is 12.6 Å². The van der Waals surface area contributed by atoms with Crippen LogP contribution in [0, 0.1) is 5.92 Å². The molecule has 0 saturated heterocycles. The number of carboxylic acid groups (broad SMARTS) is 4. The summed E-state index contributed by atoms with van der Waals surface area (Å²) in [4.78, 5) is 116. The Morgan fingerprint density at radius 1 is 0.574 bits per heavy atom. The maximum atomic E-state index is 14.7. The topological polar surface area (TPSA) is 321 Å². The van der Waals surface area contributed by atoms with E-state index in [2.05, 4.69) is 39.2 Å². The van der Waals surface area contributed by atoms with Gasteiger partial charge in [0.15, 0.2) is 0 Å². The molecule has 61 heavy (non-hydrogen) atoms. The summed E-state index contributed by atoms with van der Waals surface area (Å²) in [6, 6.07) is 7.52. The van der Waals surface area contributed by atoms with Crippen molar-refractivity contribution < 1.29 is 63.6 Å². The van der Waals surface area contributed by atoms with E-state index in [1.807, 2.05) is 0 Å². The van der Waals surface area contributed by atoms with Gasteiger partial charge in [-0.15, -0.1) is 0 Å². The van der Waals surface area contributed by atoms with Crippen LogP contribution in [0.15, 0.2) is 60.7 Å². The molecule has 0 unspecified atom stereocenters. The predicted molar refractivity (Wildman–Crippen MR) is 221 cm³/mol. The molecule has 5 amide bonds. The smallest absolute Gasteiger partial charge is 0.327 e. The van der Waals surface area contributed by atoms with Crippen molar-refractivity contribution in [1.29, 1.82) is 0 Å². The summed E-state index contributed by atoms with van der Waals surface area (Å²) < 4.78 is 0. The molecule has 1 aliphatic carbocycles. The van der Waals surface area contributed by atoms with Crippen molar-refractivity contribution in [3.8, 4) is 0 Å². The van der Waals surface area contributed by atoms with E-state index in [0.717, 1.165) is 32.1 Å². The van der Waals surface area contributed by atoms with Crippen molar-refractivity contribution in [1.82, 2.24) is 26.6 Å². The first-order valence-corrected chi connectivity index (χ1v) is 20.5. The summed E-state index contributed by atoms with van der Waals surface area (Å²) >= 11 is 4.01. The van der Waals surface area contributed by atoms with E-state index in [0.29, 0.717) is 11.1 Å². The Bertz CT molecular complexity index is 1810. The number of carbonyl (C=O) groups excluding carboxylic acids is 5. The standard InChI is InChI=1S/C41H54N6O13S/c42-26(21-33(52)53)36(54)43-28(17-19-32(50)51)38(56)47-35(34(24-12-6-2-7-13-24)25-14-8-3-9-15-25)40(58)44-27(16-18-31(48)49)37(55)45-29(20-23-10-4-1-5-11-23)39(57)46-30(22-61)41(59)60/h2-3,6-9,12-15,23,26-30,34-35,61H,1,4-5,10-11,16-22,42H2,(H,43,54)(H,44,58)(H,45,55)(H,46,57)(H,47,56)(H,48,49)(H,50,51)(H,52,53)(H,59,60)/t26-,27-,28-,29-,30-,35-/m0/s1. The molecule has 0 bridgehead atoms. The zero-order chi connectivity index (χ0) is 45.1. The molecule has 332 valence electrons. The van der Waals surface area contributed by atoms with E-state index in [-0.39, 0.29) is 18.1 Å². The minimum absolute atomic E-state index is 0.0125. The van der Waals surface area contributed by atoms with Crippen LogP contribution in [0.2, 0.25) is 0 Å². The summed E-state index contributed by atoms with van der Waals surface area (Å²) in [6.07, 6.45) is 1.28. The molecule has 20 heteroatoms. The Hall–Kier alpha value is -6.02. The highest BCUT2D eigenvalue weighted by Crippen LogP contribution is 2.30. The lowest BCUT2D eigenvalue weighted by Gasteiger charge is -2.32. The number of aliphatic carboxylic acids is 4. The SMILES string of the molecule is N[C@@H](CC(=O)O)C(=O)N[C@@H](CCC(=O)O)C(=O)N[C@H](C(=O)N[C@@H](CCC(=O)O)C(=O)N[C@@H](CC1CCCCC1)C(=O)N[C@@H](CS)C(=O)O)C(c1ccccc1)c1ccccc1. The summed E-state index contributed by atoms with van der Waals surface area (Å²) in [5, 5.41) is 50.2. The van der Waals surface area contributed by atoms with Gasteiger partial charge in [0, 0.05) is 24.5 Å². The number of carboxylic acids is 4. The molecule has 1 saturated carbocycles. The van der Waals surface area contributed by atoms with E-state index >= 15 is 0 Å². The average Bonchev–Trinajstić information content (AvgIpc) is 3.22. The molecule has 3 rings (SSSR count). The Labute approximate surface area is 357 Å². The molecular weight excluding hydrogens is 817 g/mol. The number of nitrogens with two attached hydrogens (primary N) is 1. The van der Waals surface area contributed by atoms with Gasteiger partial charge in [-0.1, -0.05) is 92.8 Å². The van der Waals surface area contributed by atoms with E-state index in [1.165, 1.54) is 0 Å². The lowest BCUT2D eigenvalue weighted by atomic mass is 9.84. The number of rotatable bonds is 25. The monoisotopic (exact) mass is 870 g/mol. The van der Waals surface area contributed by atoms with Crippen LogP contribution in [0.4, 0.5) is 0 Å². The van der Waals surface area contributed by atoms with Crippen LogP contribution < -0.4 is 32.3 Å². The molecule has 11 N–H and O–H groups in total. The molecule has 1 fully saturated rings. The zero-order valence-electron chi connectivity index (χ0n) is 33.4. The van der Waals surface area contributed by atoms with Gasteiger partial charge in [0.05, 0.1) is 12.5 Å². The second kappa shape index (κ2) is 24.9. The van der Waals surface area contributed by atoms with Gasteiger partial charge in [0.25, 0.3) is 0 Å². The van der Waals surface area contributed by atoms with E-state index in [4.69, 9.17) is 10.8 Å². The summed E-state index contributed by atoms with van der Waals surface area (Å²) in [5.41, 5.74) is 6.68. The van der Waals surface area contributed by atoms with Crippen LogP contribution in [0.5, 0.6) is 0 Å². The fraction of sp³-hybridized carbons (Fsp3) is 0.488. The van der Waals surface area contributed by atoms with Crippen LogP contribution in [-0.4, -0.2) is 116 Å². The number of amides is 5. The van der Waals surface area contributed by atoms with Crippen molar-refractivity contribution >= 4 is 66.0 Å². The highest BCUT2D eigenvalue weighted by atomic mass is 32.1. The Morgan fingerprint density at radius 2 is 1.02 bits per heavy atom. The number of carbonyl (C=O) groups is 9. The van der Waals surface area contributed by atoms with Gasteiger partial charge in [-0.25, -0.2) is 4.79 Å². The minimum Gasteiger partial charge on any atom is -0.481 e. The van der Waals surface area contributed by atoms with Gasteiger partial charge in [0.2, 0.25) is 29.5 Å². The van der Waals surface area contributed by atoms with Gasteiger partial charge in [-0.3, -0.25) is 38.4 Å². The molecule has 0 aliphatic heterocycles. The first kappa shape index (κ1) is 49.3. The van der Waals surface area contributed by atoms with Crippen LogP contribution in [0.25, 0.3) is 0 Å². The second-order valence-electron chi connectivity index (χ2n) is 14.9. The molecule has 6 atom stereocenters. The lowest BCUT2D eigenvalue weighted by molar-refractivity contribution is -0.142. The molecule has 0 radical (unpaired) electrons. The highest BCUT2D eigenvalue weighted by Gasteiger charge is 2.38. The van der Waals surface area contributed by atoms with E-state index < -0.39 is 128 Å². The third-order valence-electron chi connectivity index (χ3n) is 10.2. The fourth-order valence-corrected chi connectivity index (χ4v) is 7.31. The van der Waals surface area contributed by atoms with Crippen LogP contribution in [-0.2, 0) is 43.2 Å². The summed E-state index contributed by atoms with van der Waals surface area (Å²) in [5.74, 6) is -11.7. The molecule has 2 aromatic carbocycles. The van der Waals surface area contributed by atoms with Gasteiger partial charge >= 0.3 is 23.9 Å². The number of nitrogens with one attached hydrogen (secondary N) is 5. The highest BCUT2D eigenvalue weighted by molar-refractivity contribution is 7.80. The third kappa shape index (κ3) is 16.5. The molecule has 1 aliphatic rings. The zero-order valence-corrected chi connectivity index (χ0v) is 34.3. The van der Waals surface area contributed by atoms with Gasteiger partial charge in [-0.05, 0) is 36.3 Å². The number of hydrogen-bond acceptors (Lipinski definition) is 11. The Balaban J connectivity index is 2.08. The Kier molecular flexibility index (Phi) is 20.2. The Morgan fingerprint density at radius 3 is 1.48 bits per heavy atom. The quantitative estimate of drug-likeness (QED) is 0.0614. The maximum Gasteiger partial charge on any atom is 0.327 e. The van der Waals surface area contributed by atoms with Gasteiger partial charge in [0.1, 0.15) is 30.2 Å². The van der Waals surface area contributed by atoms with Crippen LogP contribution in [0.1, 0.15) is 87.7 Å². The molecule has 19 nitrogen and oxygen atoms in total. The molecule has 0 spiro atoms. The third-order valence-corrected chi connectivity index (χ3v) is 10.6. The number of benzene rings is 2. The van der Waals surface area contributed by atoms with Gasteiger partial charge < -0.3 is 52.7 Å². The van der Waals surface area contributed by atoms with E-state index in [1.54, 1.807) is 60.7 Å². The maximum absolute atomic E-state index is 14.7. The molecule has 2 aromatic rings. The molecule has 0 aromatic heterocycles. The first-order valence-electron chi connectivity index (χ1n) is 19.9. The second-order valence-corrected chi connectivity index (χ2v) is 15.2. The molecular formula is C41H54N6O13S. The fourth-order valence-electron chi connectivity index (χ4n) is 7.06. The molecule has 0 heterocycles. The summed E-state index contributed by atoms with van der Waals surface area (Å²) in [6.45, 7) is 0. The number of hydrogen-bond donors (Lipinski definition) is 11. The minimum atomic E-state index is -1.65. The van der Waals surface area contributed by atoms with Crippen molar-refractivity contribution in [2.75, 3.05) is 5.75 Å².